The minimum atomic E-state index is 0.674. The van der Waals surface area contributed by atoms with Gasteiger partial charge in [0.05, 0.1) is 0 Å². The lowest BCUT2D eigenvalue weighted by Crippen LogP contribution is -1.83. The molecule has 2 rings (SSSR count). The van der Waals surface area contributed by atoms with Gasteiger partial charge in [-0.2, -0.15) is 0 Å². The quantitative estimate of drug-likeness (QED) is 0.507. The highest BCUT2D eigenvalue weighted by Gasteiger charge is 2.19. The van der Waals surface area contributed by atoms with Gasteiger partial charge in [0.15, 0.2) is 0 Å². The van der Waals surface area contributed by atoms with Crippen molar-refractivity contribution in [1.29, 1.82) is 0 Å². The molecule has 1 heteroatoms. The van der Waals surface area contributed by atoms with Crippen LogP contribution in [0, 0.1) is 23.8 Å². The normalized spacial score (nSPS) is 14.8. The summed E-state index contributed by atoms with van der Waals surface area (Å²) < 4.78 is 0. The Morgan fingerprint density at radius 2 is 2.31 bits per heavy atom. The van der Waals surface area contributed by atoms with Crippen molar-refractivity contribution in [3.63, 3.8) is 0 Å². The molecule has 0 bridgehead atoms. The molecule has 1 aromatic carbocycles. The smallest absolute Gasteiger partial charge is 0.0395 e. The highest BCUT2D eigenvalue weighted by atomic mass is 14.5. The highest BCUT2D eigenvalue weighted by molar-refractivity contribution is 5.43. The van der Waals surface area contributed by atoms with Gasteiger partial charge in [0.25, 0.3) is 0 Å². The Kier molecular flexibility index (Phi) is 2.23. The molecular formula is C12H12N. The zero-order valence-electron chi connectivity index (χ0n) is 7.51. The van der Waals surface area contributed by atoms with Gasteiger partial charge in [0, 0.05) is 23.7 Å². The molecule has 0 aliphatic heterocycles. The van der Waals surface area contributed by atoms with Crippen LogP contribution in [0.1, 0.15) is 24.8 Å². The molecule has 0 amide bonds. The summed E-state index contributed by atoms with van der Waals surface area (Å²) in [4.78, 5) is 0. The van der Waals surface area contributed by atoms with Crippen molar-refractivity contribution >= 4 is 5.69 Å². The zero-order valence-corrected chi connectivity index (χ0v) is 7.51. The van der Waals surface area contributed by atoms with Gasteiger partial charge in [0.1, 0.15) is 0 Å². The maximum atomic E-state index is 5.51. The summed E-state index contributed by atoms with van der Waals surface area (Å²) in [7, 11) is 0. The molecule has 0 aromatic heterocycles. The van der Waals surface area contributed by atoms with Crippen molar-refractivity contribution in [1.82, 2.24) is 0 Å². The van der Waals surface area contributed by atoms with Gasteiger partial charge in [-0.3, -0.25) is 0 Å². The number of nitrogens with two attached hydrogens (primary N) is 1. The summed E-state index contributed by atoms with van der Waals surface area (Å²) in [6.45, 7) is 0. The maximum Gasteiger partial charge on any atom is 0.0395 e. The summed E-state index contributed by atoms with van der Waals surface area (Å²) in [5.74, 6) is 7.16. The Hall–Kier alpha value is -1.42. The van der Waals surface area contributed by atoms with Crippen molar-refractivity contribution in [2.75, 3.05) is 5.73 Å². The van der Waals surface area contributed by atoms with Gasteiger partial charge >= 0.3 is 0 Å². The first-order valence-corrected chi connectivity index (χ1v) is 4.61. The van der Waals surface area contributed by atoms with E-state index in [1.165, 1.54) is 12.8 Å². The van der Waals surface area contributed by atoms with E-state index >= 15 is 0 Å². The Bertz CT molecular complexity index is 336. The van der Waals surface area contributed by atoms with E-state index in [4.69, 9.17) is 5.73 Å². The lowest BCUT2D eigenvalue weighted by atomic mass is 10.2. The SMILES string of the molecule is Nc1[c]cc(C#CCC2CC2)cc1. The predicted molar refractivity (Wildman–Crippen MR) is 53.9 cm³/mol. The molecule has 0 heterocycles. The number of hydrogen-bond acceptors (Lipinski definition) is 1. The van der Waals surface area contributed by atoms with Crippen LogP contribution < -0.4 is 5.73 Å². The van der Waals surface area contributed by atoms with Crippen LogP contribution in [-0.4, -0.2) is 0 Å². The molecule has 1 saturated carbocycles. The molecule has 1 radical (unpaired) electrons. The second-order valence-corrected chi connectivity index (χ2v) is 3.48. The van der Waals surface area contributed by atoms with Crippen molar-refractivity contribution in [3.05, 3.63) is 29.8 Å². The van der Waals surface area contributed by atoms with E-state index in [0.29, 0.717) is 5.69 Å². The molecule has 0 spiro atoms. The van der Waals surface area contributed by atoms with Gasteiger partial charge in [-0.15, -0.1) is 0 Å². The number of nitrogen functional groups attached to an aromatic ring is 1. The van der Waals surface area contributed by atoms with Crippen LogP contribution in [0.15, 0.2) is 18.2 Å². The van der Waals surface area contributed by atoms with Crippen molar-refractivity contribution < 1.29 is 0 Å². The Morgan fingerprint density at radius 3 is 2.92 bits per heavy atom. The van der Waals surface area contributed by atoms with Crippen LogP contribution in [0.4, 0.5) is 5.69 Å². The molecule has 1 aliphatic rings. The third kappa shape index (κ3) is 2.52. The lowest BCUT2D eigenvalue weighted by molar-refractivity contribution is 0.884. The average Bonchev–Trinajstić information content (AvgIpc) is 2.92. The van der Waals surface area contributed by atoms with Crippen LogP contribution >= 0.6 is 0 Å². The van der Waals surface area contributed by atoms with Crippen LogP contribution in [0.5, 0.6) is 0 Å². The molecular weight excluding hydrogens is 158 g/mol. The summed E-state index contributed by atoms with van der Waals surface area (Å²) in [5, 5.41) is 0. The van der Waals surface area contributed by atoms with E-state index in [0.717, 1.165) is 17.9 Å². The summed E-state index contributed by atoms with van der Waals surface area (Å²) >= 11 is 0. The molecule has 1 fully saturated rings. The first-order chi connectivity index (χ1) is 6.34. The zero-order chi connectivity index (χ0) is 9.10. The van der Waals surface area contributed by atoms with Gasteiger partial charge < -0.3 is 5.73 Å². The van der Waals surface area contributed by atoms with E-state index in [2.05, 4.69) is 17.9 Å². The number of rotatable bonds is 1. The van der Waals surface area contributed by atoms with Gasteiger partial charge in [-0.25, -0.2) is 0 Å². The third-order valence-corrected chi connectivity index (χ3v) is 2.16. The fourth-order valence-corrected chi connectivity index (χ4v) is 1.13. The first kappa shape index (κ1) is 8.19. The van der Waals surface area contributed by atoms with Crippen molar-refractivity contribution in [3.8, 4) is 11.8 Å². The highest BCUT2D eigenvalue weighted by Crippen LogP contribution is 2.31. The predicted octanol–water partition coefficient (Wildman–Crippen LogP) is 2.22. The topological polar surface area (TPSA) is 26.0 Å². The minimum Gasteiger partial charge on any atom is -0.398 e. The van der Waals surface area contributed by atoms with E-state index in [9.17, 15) is 0 Å². The van der Waals surface area contributed by atoms with Crippen molar-refractivity contribution in [2.24, 2.45) is 5.92 Å². The Labute approximate surface area is 79.0 Å². The third-order valence-electron chi connectivity index (χ3n) is 2.16. The largest absolute Gasteiger partial charge is 0.398 e. The molecule has 2 N–H and O–H groups in total. The number of anilines is 1. The molecule has 0 atom stereocenters. The van der Waals surface area contributed by atoms with Gasteiger partial charge in [-0.1, -0.05) is 11.8 Å². The average molecular weight is 170 g/mol. The maximum absolute atomic E-state index is 5.51. The number of hydrogen-bond donors (Lipinski definition) is 1. The molecule has 1 aromatic rings. The molecule has 0 unspecified atom stereocenters. The monoisotopic (exact) mass is 170 g/mol. The lowest BCUT2D eigenvalue weighted by Gasteiger charge is -1.90. The van der Waals surface area contributed by atoms with Crippen LogP contribution in [0.25, 0.3) is 0 Å². The van der Waals surface area contributed by atoms with E-state index in [-0.39, 0.29) is 0 Å². The standard InChI is InChI=1S/C12H12N/c13-12-8-6-11(7-9-12)3-1-2-10-4-5-10/h6-8,10H,2,4-5,13H2. The molecule has 1 nitrogen and oxygen atoms in total. The van der Waals surface area contributed by atoms with Crippen LogP contribution in [0.2, 0.25) is 0 Å². The van der Waals surface area contributed by atoms with Crippen LogP contribution in [0.3, 0.4) is 0 Å². The van der Waals surface area contributed by atoms with E-state index in [1.807, 2.05) is 18.2 Å². The minimum absolute atomic E-state index is 0.674. The fourth-order valence-electron chi connectivity index (χ4n) is 1.13. The second kappa shape index (κ2) is 3.53. The Balaban J connectivity index is 1.98. The number of benzene rings is 1. The molecule has 65 valence electrons. The van der Waals surface area contributed by atoms with Crippen LogP contribution in [-0.2, 0) is 0 Å². The fraction of sp³-hybridized carbons (Fsp3) is 0.333. The molecule has 0 saturated heterocycles. The van der Waals surface area contributed by atoms with Gasteiger partial charge in [-0.05, 0) is 37.0 Å². The van der Waals surface area contributed by atoms with E-state index in [1.54, 1.807) is 0 Å². The molecule has 1 aliphatic carbocycles. The van der Waals surface area contributed by atoms with E-state index < -0.39 is 0 Å². The molecule has 13 heavy (non-hydrogen) atoms. The summed E-state index contributed by atoms with van der Waals surface area (Å²) in [5.41, 5.74) is 7.19. The van der Waals surface area contributed by atoms with Crippen molar-refractivity contribution in [2.45, 2.75) is 19.3 Å². The Morgan fingerprint density at radius 1 is 1.46 bits per heavy atom. The second-order valence-electron chi connectivity index (χ2n) is 3.48. The first-order valence-electron chi connectivity index (χ1n) is 4.61. The summed E-state index contributed by atoms with van der Waals surface area (Å²) in [6.07, 6.45) is 3.77. The summed E-state index contributed by atoms with van der Waals surface area (Å²) in [6, 6.07) is 8.54. The van der Waals surface area contributed by atoms with Gasteiger partial charge in [0.2, 0.25) is 0 Å².